The number of nitrogens with two attached hydrogens (primary N) is 1. The van der Waals surface area contributed by atoms with Gasteiger partial charge in [0.05, 0.1) is 4.88 Å². The van der Waals surface area contributed by atoms with Gasteiger partial charge in [-0.15, -0.1) is 11.3 Å². The van der Waals surface area contributed by atoms with Crippen LogP contribution in [0, 0.1) is 6.92 Å². The highest BCUT2D eigenvalue weighted by Gasteiger charge is 2.22. The smallest absolute Gasteiger partial charge is 0.264 e. The minimum Gasteiger partial charge on any atom is -0.398 e. The Bertz CT molecular complexity index is 413. The second-order valence-electron chi connectivity index (χ2n) is 3.76. The summed E-state index contributed by atoms with van der Waals surface area (Å²) in [5.74, 6) is 1.19. The van der Waals surface area contributed by atoms with Crippen molar-refractivity contribution < 1.29 is 9.00 Å². The summed E-state index contributed by atoms with van der Waals surface area (Å²) < 4.78 is 11.2. The number of nitrogen functional groups attached to an aromatic ring is 1. The highest BCUT2D eigenvalue weighted by atomic mass is 32.2. The fraction of sp³-hybridized carbons (Fsp3) is 0.500. The van der Waals surface area contributed by atoms with E-state index in [2.05, 4.69) is 0 Å². The van der Waals surface area contributed by atoms with Crippen LogP contribution in [-0.2, 0) is 10.8 Å². The molecule has 0 aliphatic carbocycles. The molecular formula is C10H14N2O2S2. The molecule has 0 aromatic carbocycles. The Morgan fingerprint density at radius 1 is 1.50 bits per heavy atom. The molecular weight excluding hydrogens is 244 g/mol. The number of thiophene rings is 1. The third-order valence-corrected chi connectivity index (χ3v) is 4.96. The quantitative estimate of drug-likeness (QED) is 0.812. The Hall–Kier alpha value is -0.880. The molecule has 1 aliphatic rings. The molecule has 0 bridgehead atoms. The van der Waals surface area contributed by atoms with Crippen LogP contribution in [0.15, 0.2) is 6.07 Å². The summed E-state index contributed by atoms with van der Waals surface area (Å²) in [6.45, 7) is 3.08. The lowest BCUT2D eigenvalue weighted by Crippen LogP contribution is -2.41. The average molecular weight is 258 g/mol. The van der Waals surface area contributed by atoms with Gasteiger partial charge in [-0.05, 0) is 13.0 Å². The lowest BCUT2D eigenvalue weighted by Gasteiger charge is -2.25. The number of amides is 1. The predicted octanol–water partition coefficient (Wildman–Crippen LogP) is 0.843. The topological polar surface area (TPSA) is 63.4 Å². The van der Waals surface area contributed by atoms with Crippen molar-refractivity contribution >= 4 is 33.7 Å². The molecule has 6 heteroatoms. The van der Waals surface area contributed by atoms with Gasteiger partial charge in [0.2, 0.25) is 0 Å². The number of nitrogens with zero attached hydrogens (tertiary/aromatic N) is 1. The fourth-order valence-corrected chi connectivity index (χ4v) is 3.56. The molecule has 1 saturated heterocycles. The average Bonchev–Trinajstić information content (AvgIpc) is 2.59. The van der Waals surface area contributed by atoms with E-state index in [0.717, 1.165) is 4.88 Å². The molecule has 0 spiro atoms. The summed E-state index contributed by atoms with van der Waals surface area (Å²) >= 11 is 1.42. The van der Waals surface area contributed by atoms with Crippen molar-refractivity contribution in [3.8, 4) is 0 Å². The van der Waals surface area contributed by atoms with Gasteiger partial charge in [-0.2, -0.15) is 0 Å². The highest BCUT2D eigenvalue weighted by molar-refractivity contribution is 7.85. The van der Waals surface area contributed by atoms with Crippen molar-refractivity contribution in [2.45, 2.75) is 6.92 Å². The molecule has 1 aromatic heterocycles. The zero-order valence-corrected chi connectivity index (χ0v) is 10.7. The van der Waals surface area contributed by atoms with E-state index in [1.165, 1.54) is 11.3 Å². The van der Waals surface area contributed by atoms with Crippen LogP contribution in [0.1, 0.15) is 14.5 Å². The number of carbonyl (C=O) groups is 1. The van der Waals surface area contributed by atoms with E-state index in [-0.39, 0.29) is 5.91 Å². The van der Waals surface area contributed by atoms with Crippen LogP contribution in [0.2, 0.25) is 0 Å². The standard InChI is InChI=1S/C10H14N2O2S2/c1-7-8(11)6-9(15-7)10(13)12-2-4-16(14)5-3-12/h6H,2-5,11H2,1H3. The largest absolute Gasteiger partial charge is 0.398 e. The van der Waals surface area contributed by atoms with E-state index >= 15 is 0 Å². The van der Waals surface area contributed by atoms with E-state index in [0.29, 0.717) is 35.2 Å². The molecule has 1 amide bonds. The minimum atomic E-state index is -0.748. The van der Waals surface area contributed by atoms with Crippen LogP contribution in [-0.4, -0.2) is 39.6 Å². The summed E-state index contributed by atoms with van der Waals surface area (Å²) in [7, 11) is -0.748. The predicted molar refractivity (Wildman–Crippen MR) is 67.2 cm³/mol. The van der Waals surface area contributed by atoms with Crippen LogP contribution in [0.4, 0.5) is 5.69 Å². The van der Waals surface area contributed by atoms with E-state index in [9.17, 15) is 9.00 Å². The maximum Gasteiger partial charge on any atom is 0.264 e. The molecule has 2 N–H and O–H groups in total. The number of carbonyl (C=O) groups excluding carboxylic acids is 1. The van der Waals surface area contributed by atoms with Gasteiger partial charge in [0.1, 0.15) is 0 Å². The summed E-state index contributed by atoms with van der Waals surface area (Å²) in [6.07, 6.45) is 0. The minimum absolute atomic E-state index is 0.0153. The first-order chi connectivity index (χ1) is 7.58. The van der Waals surface area contributed by atoms with Gasteiger partial charge in [0.25, 0.3) is 5.91 Å². The van der Waals surface area contributed by atoms with E-state index in [4.69, 9.17) is 5.73 Å². The first-order valence-electron chi connectivity index (χ1n) is 5.08. The fourth-order valence-electron chi connectivity index (χ4n) is 1.60. The van der Waals surface area contributed by atoms with Gasteiger partial charge in [0.15, 0.2) is 0 Å². The lowest BCUT2D eigenvalue weighted by molar-refractivity contribution is 0.0776. The molecule has 16 heavy (non-hydrogen) atoms. The molecule has 0 saturated carbocycles. The SMILES string of the molecule is Cc1sc(C(=O)N2CCS(=O)CC2)cc1N. The number of aryl methyl sites for hydroxylation is 1. The molecule has 0 unspecified atom stereocenters. The second kappa shape index (κ2) is 4.55. The van der Waals surface area contributed by atoms with Crippen molar-refractivity contribution in [2.75, 3.05) is 30.3 Å². The van der Waals surface area contributed by atoms with Crippen molar-refractivity contribution in [3.05, 3.63) is 15.8 Å². The second-order valence-corrected chi connectivity index (χ2v) is 6.71. The maximum absolute atomic E-state index is 12.1. The molecule has 1 aliphatic heterocycles. The number of hydrogen-bond donors (Lipinski definition) is 1. The van der Waals surface area contributed by atoms with E-state index < -0.39 is 10.8 Å². The summed E-state index contributed by atoms with van der Waals surface area (Å²) in [5, 5.41) is 0. The Balaban J connectivity index is 2.10. The zero-order valence-electron chi connectivity index (χ0n) is 9.06. The lowest BCUT2D eigenvalue weighted by atomic mass is 10.3. The highest BCUT2D eigenvalue weighted by Crippen LogP contribution is 2.24. The Kier molecular flexibility index (Phi) is 3.30. The van der Waals surface area contributed by atoms with E-state index in [1.807, 2.05) is 6.92 Å². The maximum atomic E-state index is 12.1. The molecule has 2 heterocycles. The van der Waals surface area contributed by atoms with Crippen molar-refractivity contribution in [2.24, 2.45) is 0 Å². The van der Waals surface area contributed by atoms with Crippen molar-refractivity contribution in [3.63, 3.8) is 0 Å². The van der Waals surface area contributed by atoms with Crippen molar-refractivity contribution in [1.29, 1.82) is 0 Å². The summed E-state index contributed by atoms with van der Waals surface area (Å²) in [4.78, 5) is 15.5. The van der Waals surface area contributed by atoms with Crippen molar-refractivity contribution in [1.82, 2.24) is 4.90 Å². The van der Waals surface area contributed by atoms with Gasteiger partial charge in [-0.3, -0.25) is 9.00 Å². The number of hydrogen-bond acceptors (Lipinski definition) is 4. The Morgan fingerprint density at radius 2 is 2.12 bits per heavy atom. The molecule has 1 aromatic rings. The number of rotatable bonds is 1. The zero-order chi connectivity index (χ0) is 11.7. The summed E-state index contributed by atoms with van der Waals surface area (Å²) in [5.41, 5.74) is 6.40. The summed E-state index contributed by atoms with van der Waals surface area (Å²) in [6, 6.07) is 1.73. The third kappa shape index (κ3) is 2.27. The van der Waals surface area contributed by atoms with Crippen LogP contribution < -0.4 is 5.73 Å². The van der Waals surface area contributed by atoms with Gasteiger partial charge < -0.3 is 10.6 Å². The van der Waals surface area contributed by atoms with Crippen LogP contribution >= 0.6 is 11.3 Å². The van der Waals surface area contributed by atoms with Gasteiger partial charge in [-0.25, -0.2) is 0 Å². The van der Waals surface area contributed by atoms with Crippen LogP contribution in [0.5, 0.6) is 0 Å². The molecule has 0 radical (unpaired) electrons. The van der Waals surface area contributed by atoms with Crippen LogP contribution in [0.25, 0.3) is 0 Å². The normalized spacial score (nSPS) is 17.7. The molecule has 1 fully saturated rings. The van der Waals surface area contributed by atoms with E-state index in [1.54, 1.807) is 11.0 Å². The molecule has 88 valence electrons. The third-order valence-electron chi connectivity index (χ3n) is 2.63. The number of anilines is 1. The Morgan fingerprint density at radius 3 is 2.62 bits per heavy atom. The first-order valence-corrected chi connectivity index (χ1v) is 7.38. The Labute approximate surface area is 101 Å². The van der Waals surface area contributed by atoms with Crippen LogP contribution in [0.3, 0.4) is 0 Å². The van der Waals surface area contributed by atoms with Gasteiger partial charge >= 0.3 is 0 Å². The van der Waals surface area contributed by atoms with Gasteiger partial charge in [-0.1, -0.05) is 0 Å². The first kappa shape index (κ1) is 11.6. The monoisotopic (exact) mass is 258 g/mol. The molecule has 2 rings (SSSR count). The molecule has 4 nitrogen and oxygen atoms in total. The molecule has 0 atom stereocenters. The van der Waals surface area contributed by atoms with Gasteiger partial charge in [0, 0.05) is 46.0 Å².